The van der Waals surface area contributed by atoms with Crippen LogP contribution in [0.4, 0.5) is 5.69 Å². The number of hydrogen-bond acceptors (Lipinski definition) is 4. The van der Waals surface area contributed by atoms with Crippen molar-refractivity contribution in [3.05, 3.63) is 35.5 Å². The Kier molecular flexibility index (Phi) is 4.27. The molecule has 1 atom stereocenters. The molecule has 4 nitrogen and oxygen atoms in total. The quantitative estimate of drug-likeness (QED) is 0.878. The molecule has 2 aromatic rings. The van der Waals surface area contributed by atoms with Crippen LogP contribution in [0.1, 0.15) is 43.9 Å². The van der Waals surface area contributed by atoms with Gasteiger partial charge in [-0.2, -0.15) is 0 Å². The van der Waals surface area contributed by atoms with Crippen molar-refractivity contribution < 1.29 is 9.53 Å². The fourth-order valence-electron chi connectivity index (χ4n) is 3.06. The first-order valence-electron chi connectivity index (χ1n) is 8.04. The van der Waals surface area contributed by atoms with Gasteiger partial charge in [-0.15, -0.1) is 0 Å². The number of nitrogens with zero attached hydrogens (tertiary/aromatic N) is 1. The van der Waals surface area contributed by atoms with Gasteiger partial charge in [0.25, 0.3) is 0 Å². The summed E-state index contributed by atoms with van der Waals surface area (Å²) < 4.78 is 5.60. The second kappa shape index (κ2) is 6.34. The van der Waals surface area contributed by atoms with Crippen molar-refractivity contribution in [2.75, 3.05) is 5.73 Å². The summed E-state index contributed by atoms with van der Waals surface area (Å²) in [6, 6.07) is 7.93. The molecule has 2 N–H and O–H groups in total. The maximum atomic E-state index is 11.8. The third-order valence-corrected chi connectivity index (χ3v) is 4.29. The second-order valence-corrected chi connectivity index (χ2v) is 5.93. The molecule has 22 heavy (non-hydrogen) atoms. The van der Waals surface area contributed by atoms with Gasteiger partial charge in [-0.05, 0) is 25.3 Å². The molecule has 0 spiro atoms. The molecule has 1 aliphatic rings. The van der Waals surface area contributed by atoms with Crippen molar-refractivity contribution in [2.24, 2.45) is 0 Å². The van der Waals surface area contributed by atoms with Crippen LogP contribution in [-0.2, 0) is 22.4 Å². The number of nitrogen functional groups attached to an aromatic ring is 1. The standard InChI is InChI=1S/C18H22N2O2/c1-2-3-8-17(21)22-12-9-10-16-14(11-12)18(19)13-6-4-5-7-15(13)20-16/h4-7,12H,2-3,8-11H2,1H3,(H2,19,20). The van der Waals surface area contributed by atoms with E-state index in [1.807, 2.05) is 24.3 Å². The molecule has 1 aromatic carbocycles. The molecule has 0 saturated carbocycles. The van der Waals surface area contributed by atoms with Crippen LogP contribution in [0, 0.1) is 0 Å². The van der Waals surface area contributed by atoms with Gasteiger partial charge in [-0.1, -0.05) is 31.5 Å². The van der Waals surface area contributed by atoms with E-state index in [4.69, 9.17) is 15.5 Å². The predicted octanol–water partition coefficient (Wildman–Crippen LogP) is 3.41. The van der Waals surface area contributed by atoms with Crippen LogP contribution in [0.25, 0.3) is 10.9 Å². The van der Waals surface area contributed by atoms with Gasteiger partial charge in [0.05, 0.1) is 5.52 Å². The summed E-state index contributed by atoms with van der Waals surface area (Å²) >= 11 is 0. The zero-order chi connectivity index (χ0) is 15.5. The van der Waals surface area contributed by atoms with Crippen molar-refractivity contribution in [1.29, 1.82) is 0 Å². The summed E-state index contributed by atoms with van der Waals surface area (Å²) in [5.74, 6) is -0.0948. The van der Waals surface area contributed by atoms with Crippen molar-refractivity contribution in [3.63, 3.8) is 0 Å². The highest BCUT2D eigenvalue weighted by Gasteiger charge is 2.25. The Balaban J connectivity index is 1.80. The number of esters is 1. The van der Waals surface area contributed by atoms with E-state index < -0.39 is 0 Å². The highest BCUT2D eigenvalue weighted by atomic mass is 16.5. The number of anilines is 1. The zero-order valence-electron chi connectivity index (χ0n) is 13.0. The van der Waals surface area contributed by atoms with Gasteiger partial charge in [0.1, 0.15) is 6.10 Å². The topological polar surface area (TPSA) is 65.2 Å². The van der Waals surface area contributed by atoms with Crippen molar-refractivity contribution >= 4 is 22.6 Å². The van der Waals surface area contributed by atoms with Crippen molar-refractivity contribution in [2.45, 2.75) is 51.6 Å². The van der Waals surface area contributed by atoms with Gasteiger partial charge < -0.3 is 10.5 Å². The van der Waals surface area contributed by atoms with E-state index in [-0.39, 0.29) is 12.1 Å². The van der Waals surface area contributed by atoms with Crippen LogP contribution < -0.4 is 5.73 Å². The number of rotatable bonds is 4. The summed E-state index contributed by atoms with van der Waals surface area (Å²) in [5.41, 5.74) is 10.2. The number of carbonyl (C=O) groups excluding carboxylic acids is 1. The minimum absolute atomic E-state index is 0.0675. The molecule has 116 valence electrons. The molecule has 3 rings (SSSR count). The lowest BCUT2D eigenvalue weighted by Gasteiger charge is -2.26. The number of ether oxygens (including phenoxy) is 1. The number of carbonyl (C=O) groups is 1. The second-order valence-electron chi connectivity index (χ2n) is 5.93. The van der Waals surface area contributed by atoms with E-state index in [9.17, 15) is 4.79 Å². The van der Waals surface area contributed by atoms with E-state index in [0.29, 0.717) is 12.8 Å². The summed E-state index contributed by atoms with van der Waals surface area (Å²) in [4.78, 5) is 16.5. The highest BCUT2D eigenvalue weighted by molar-refractivity contribution is 5.92. The Hall–Kier alpha value is -2.10. The number of fused-ring (bicyclic) bond motifs is 2. The molecule has 1 aromatic heterocycles. The third kappa shape index (κ3) is 2.91. The van der Waals surface area contributed by atoms with Crippen LogP contribution in [0.15, 0.2) is 24.3 Å². The SMILES string of the molecule is CCCCC(=O)OC1CCc2nc3ccccc3c(N)c2C1. The molecule has 0 aliphatic heterocycles. The van der Waals surface area contributed by atoms with Crippen LogP contribution in [-0.4, -0.2) is 17.1 Å². The van der Waals surface area contributed by atoms with Crippen LogP contribution in [0.5, 0.6) is 0 Å². The molecule has 0 radical (unpaired) electrons. The van der Waals surface area contributed by atoms with Gasteiger partial charge in [-0.25, -0.2) is 0 Å². The lowest BCUT2D eigenvalue weighted by atomic mass is 9.91. The number of para-hydroxylation sites is 1. The summed E-state index contributed by atoms with van der Waals surface area (Å²) in [6.45, 7) is 2.07. The average molecular weight is 298 g/mol. The Bertz CT molecular complexity index is 697. The molecule has 0 fully saturated rings. The normalized spacial score (nSPS) is 17.2. The number of pyridine rings is 1. The molecular weight excluding hydrogens is 276 g/mol. The molecule has 1 heterocycles. The number of benzene rings is 1. The number of hydrogen-bond donors (Lipinski definition) is 1. The number of aryl methyl sites for hydroxylation is 1. The minimum atomic E-state index is -0.0948. The first kappa shape index (κ1) is 14.8. The minimum Gasteiger partial charge on any atom is -0.462 e. The monoisotopic (exact) mass is 298 g/mol. The van der Waals surface area contributed by atoms with E-state index in [2.05, 4.69) is 6.92 Å². The van der Waals surface area contributed by atoms with E-state index in [1.54, 1.807) is 0 Å². The Morgan fingerprint density at radius 3 is 3.05 bits per heavy atom. The van der Waals surface area contributed by atoms with Crippen molar-refractivity contribution in [1.82, 2.24) is 4.98 Å². The Morgan fingerprint density at radius 2 is 2.23 bits per heavy atom. The Labute approximate surface area is 130 Å². The number of unbranched alkanes of at least 4 members (excludes halogenated alkanes) is 1. The van der Waals surface area contributed by atoms with E-state index in [1.165, 1.54) is 0 Å². The molecule has 0 saturated heterocycles. The largest absolute Gasteiger partial charge is 0.462 e. The van der Waals surface area contributed by atoms with Crippen molar-refractivity contribution in [3.8, 4) is 0 Å². The fraction of sp³-hybridized carbons (Fsp3) is 0.444. The maximum absolute atomic E-state index is 11.8. The summed E-state index contributed by atoms with van der Waals surface area (Å²) in [7, 11) is 0. The predicted molar refractivity (Wildman–Crippen MR) is 87.6 cm³/mol. The fourth-order valence-corrected chi connectivity index (χ4v) is 3.06. The summed E-state index contributed by atoms with van der Waals surface area (Å²) in [6.07, 6.45) is 4.65. The number of nitrogens with two attached hydrogens (primary N) is 1. The first-order valence-corrected chi connectivity index (χ1v) is 8.04. The van der Waals surface area contributed by atoms with Gasteiger partial charge in [0.2, 0.25) is 0 Å². The number of aromatic nitrogens is 1. The van der Waals surface area contributed by atoms with Gasteiger partial charge >= 0.3 is 5.97 Å². The van der Waals surface area contributed by atoms with Crippen LogP contribution >= 0.6 is 0 Å². The maximum Gasteiger partial charge on any atom is 0.306 e. The van der Waals surface area contributed by atoms with Gasteiger partial charge in [0.15, 0.2) is 0 Å². The average Bonchev–Trinajstić information content (AvgIpc) is 2.54. The first-order chi connectivity index (χ1) is 10.7. The van der Waals surface area contributed by atoms with Gasteiger partial charge in [-0.3, -0.25) is 9.78 Å². The van der Waals surface area contributed by atoms with E-state index in [0.717, 1.165) is 53.5 Å². The third-order valence-electron chi connectivity index (χ3n) is 4.29. The molecule has 1 aliphatic carbocycles. The van der Waals surface area contributed by atoms with Crippen LogP contribution in [0.3, 0.4) is 0 Å². The molecule has 0 bridgehead atoms. The molecule has 1 unspecified atom stereocenters. The smallest absolute Gasteiger partial charge is 0.306 e. The van der Waals surface area contributed by atoms with E-state index >= 15 is 0 Å². The molecule has 4 heteroatoms. The lowest BCUT2D eigenvalue weighted by Crippen LogP contribution is -2.27. The molecular formula is C18H22N2O2. The lowest BCUT2D eigenvalue weighted by molar-refractivity contribution is -0.149. The highest BCUT2D eigenvalue weighted by Crippen LogP contribution is 2.32. The Morgan fingerprint density at radius 1 is 1.41 bits per heavy atom. The summed E-state index contributed by atoms with van der Waals surface area (Å²) in [5, 5.41) is 0.985. The molecule has 0 amide bonds. The zero-order valence-corrected chi connectivity index (χ0v) is 13.0. The van der Waals surface area contributed by atoms with Gasteiger partial charge in [0, 0.05) is 35.2 Å². The van der Waals surface area contributed by atoms with Crippen LogP contribution in [0.2, 0.25) is 0 Å².